The molecule has 0 spiro atoms. The third-order valence-corrected chi connectivity index (χ3v) is 6.64. The van der Waals surface area contributed by atoms with Gasteiger partial charge in [0.25, 0.3) is 5.56 Å². The second-order valence-electron chi connectivity index (χ2n) is 9.26. The van der Waals surface area contributed by atoms with Crippen molar-refractivity contribution in [1.82, 2.24) is 19.8 Å². The normalized spacial score (nSPS) is 12.0. The van der Waals surface area contributed by atoms with Gasteiger partial charge in [0.2, 0.25) is 5.91 Å². The van der Waals surface area contributed by atoms with Crippen molar-refractivity contribution >= 4 is 16.9 Å². The zero-order valence-electron chi connectivity index (χ0n) is 21.9. The Hall–Kier alpha value is -3.97. The van der Waals surface area contributed by atoms with E-state index in [9.17, 15) is 9.59 Å². The lowest BCUT2D eigenvalue weighted by Gasteiger charge is -2.25. The molecule has 0 aliphatic carbocycles. The van der Waals surface area contributed by atoms with Gasteiger partial charge in [0.15, 0.2) is 0 Å². The molecule has 0 aliphatic rings. The maximum atomic E-state index is 13.5. The number of para-hydroxylation sites is 2. The summed E-state index contributed by atoms with van der Waals surface area (Å²) >= 11 is 0. The number of amides is 1. The van der Waals surface area contributed by atoms with E-state index in [-0.39, 0.29) is 30.3 Å². The Kier molecular flexibility index (Phi) is 8.36. The highest BCUT2D eigenvalue weighted by atomic mass is 16.5. The Bertz CT molecular complexity index is 1410. The van der Waals surface area contributed by atoms with Crippen molar-refractivity contribution in [2.45, 2.75) is 32.2 Å². The Morgan fingerprint density at radius 2 is 1.73 bits per heavy atom. The predicted octanol–water partition coefficient (Wildman–Crippen LogP) is 4.31. The molecule has 37 heavy (non-hydrogen) atoms. The van der Waals surface area contributed by atoms with Gasteiger partial charge in [-0.1, -0.05) is 43.3 Å². The fraction of sp³-hybridized carbons (Fsp3) is 0.300. The van der Waals surface area contributed by atoms with Gasteiger partial charge in [0.05, 0.1) is 24.2 Å². The van der Waals surface area contributed by atoms with Gasteiger partial charge in [-0.15, -0.1) is 0 Å². The minimum absolute atomic E-state index is 0.0564. The first-order chi connectivity index (χ1) is 17.9. The first kappa shape index (κ1) is 26.1. The van der Waals surface area contributed by atoms with Crippen molar-refractivity contribution in [3.63, 3.8) is 0 Å². The summed E-state index contributed by atoms with van der Waals surface area (Å²) in [6, 6.07) is 23.4. The number of carbonyl (C=O) groups excluding carboxylic acids is 1. The summed E-state index contributed by atoms with van der Waals surface area (Å²) in [5, 5.41) is 3.05. The quantitative estimate of drug-likeness (QED) is 0.353. The van der Waals surface area contributed by atoms with E-state index in [1.165, 1.54) is 5.56 Å². The van der Waals surface area contributed by atoms with Crippen molar-refractivity contribution in [3.05, 3.63) is 100.0 Å². The fourth-order valence-corrected chi connectivity index (χ4v) is 4.43. The van der Waals surface area contributed by atoms with Crippen LogP contribution in [0.2, 0.25) is 0 Å². The zero-order chi connectivity index (χ0) is 26.4. The molecule has 0 fully saturated rings. The second kappa shape index (κ2) is 11.8. The molecule has 3 aromatic carbocycles. The molecular formula is C30H34N4O3. The third kappa shape index (κ3) is 6.06. The van der Waals surface area contributed by atoms with Gasteiger partial charge >= 0.3 is 0 Å². The van der Waals surface area contributed by atoms with Crippen LogP contribution in [-0.2, 0) is 17.6 Å². The van der Waals surface area contributed by atoms with E-state index < -0.39 is 0 Å². The standard InChI is InChI=1S/C30H34N4O3/c1-5-21-10-12-22(13-11-21)28(33(2)3)20-31-29(35)19-18-26-30(36)34(23-14-16-24(37-4)17-15-23)27-9-7-6-8-25(27)32-26/h6-17,28H,5,18-20H2,1-4H3,(H,31,35). The number of methoxy groups -OCH3 is 1. The molecule has 1 unspecified atom stereocenters. The first-order valence-corrected chi connectivity index (χ1v) is 12.6. The van der Waals surface area contributed by atoms with Gasteiger partial charge in [-0.25, -0.2) is 4.98 Å². The van der Waals surface area contributed by atoms with E-state index >= 15 is 0 Å². The number of nitrogens with one attached hydrogen (secondary N) is 1. The summed E-state index contributed by atoms with van der Waals surface area (Å²) in [5.74, 6) is 0.603. The number of rotatable bonds is 10. The van der Waals surface area contributed by atoms with Gasteiger partial charge in [0, 0.05) is 25.1 Å². The van der Waals surface area contributed by atoms with E-state index in [1.54, 1.807) is 11.7 Å². The van der Waals surface area contributed by atoms with Crippen molar-refractivity contribution in [1.29, 1.82) is 0 Å². The Morgan fingerprint density at radius 3 is 2.38 bits per heavy atom. The van der Waals surface area contributed by atoms with E-state index in [0.29, 0.717) is 29.0 Å². The Morgan fingerprint density at radius 1 is 1.03 bits per heavy atom. The zero-order valence-corrected chi connectivity index (χ0v) is 21.9. The summed E-state index contributed by atoms with van der Waals surface area (Å²) in [7, 11) is 5.62. The highest BCUT2D eigenvalue weighted by Crippen LogP contribution is 2.20. The summed E-state index contributed by atoms with van der Waals surface area (Å²) in [5.41, 5.74) is 4.72. The molecule has 1 heterocycles. The fourth-order valence-electron chi connectivity index (χ4n) is 4.43. The minimum Gasteiger partial charge on any atom is -0.497 e. The Labute approximate surface area is 217 Å². The van der Waals surface area contributed by atoms with Crippen LogP contribution in [0.15, 0.2) is 77.6 Å². The molecule has 1 amide bonds. The van der Waals surface area contributed by atoms with Crippen LogP contribution in [0.4, 0.5) is 0 Å². The van der Waals surface area contributed by atoms with Crippen molar-refractivity contribution < 1.29 is 9.53 Å². The lowest BCUT2D eigenvalue weighted by molar-refractivity contribution is -0.121. The largest absolute Gasteiger partial charge is 0.497 e. The molecule has 192 valence electrons. The second-order valence-corrected chi connectivity index (χ2v) is 9.26. The van der Waals surface area contributed by atoms with Gasteiger partial charge in [-0.2, -0.15) is 0 Å². The molecule has 0 bridgehead atoms. The van der Waals surface area contributed by atoms with Crippen LogP contribution >= 0.6 is 0 Å². The molecule has 0 aliphatic heterocycles. The van der Waals surface area contributed by atoms with Crippen LogP contribution in [0.5, 0.6) is 5.75 Å². The van der Waals surface area contributed by atoms with Crippen molar-refractivity contribution in [2.75, 3.05) is 27.7 Å². The van der Waals surface area contributed by atoms with E-state index in [1.807, 2.05) is 62.6 Å². The van der Waals surface area contributed by atoms with Gasteiger partial charge in [0.1, 0.15) is 11.4 Å². The van der Waals surface area contributed by atoms with Gasteiger partial charge in [-0.3, -0.25) is 14.2 Å². The van der Waals surface area contributed by atoms with Crippen molar-refractivity contribution in [2.24, 2.45) is 0 Å². The van der Waals surface area contributed by atoms with Gasteiger partial charge < -0.3 is 15.0 Å². The molecule has 0 saturated carbocycles. The Balaban J connectivity index is 1.50. The number of aromatic nitrogens is 2. The summed E-state index contributed by atoms with van der Waals surface area (Å²) in [4.78, 5) is 33.0. The minimum atomic E-state index is -0.223. The maximum absolute atomic E-state index is 13.5. The molecule has 4 aromatic rings. The highest BCUT2D eigenvalue weighted by Gasteiger charge is 2.17. The van der Waals surface area contributed by atoms with Crippen LogP contribution in [0.1, 0.15) is 36.2 Å². The van der Waals surface area contributed by atoms with E-state index in [0.717, 1.165) is 17.7 Å². The maximum Gasteiger partial charge on any atom is 0.277 e. The van der Waals surface area contributed by atoms with Crippen LogP contribution < -0.4 is 15.6 Å². The highest BCUT2D eigenvalue weighted by molar-refractivity contribution is 5.78. The number of ether oxygens (including phenoxy) is 1. The number of carbonyl (C=O) groups is 1. The lowest BCUT2D eigenvalue weighted by atomic mass is 10.0. The average molecular weight is 499 g/mol. The topological polar surface area (TPSA) is 76.5 Å². The average Bonchev–Trinajstić information content (AvgIpc) is 2.92. The predicted molar refractivity (Wildman–Crippen MR) is 147 cm³/mol. The summed E-state index contributed by atoms with van der Waals surface area (Å²) in [6.07, 6.45) is 1.42. The summed E-state index contributed by atoms with van der Waals surface area (Å²) in [6.45, 7) is 2.62. The van der Waals surface area contributed by atoms with E-state index in [2.05, 4.69) is 46.4 Å². The number of fused-ring (bicyclic) bond motifs is 1. The number of hydrogen-bond acceptors (Lipinski definition) is 5. The van der Waals surface area contributed by atoms with Crippen LogP contribution in [0.3, 0.4) is 0 Å². The molecule has 0 saturated heterocycles. The molecular weight excluding hydrogens is 464 g/mol. The SMILES string of the molecule is CCc1ccc(C(CNC(=O)CCc2nc3ccccc3n(-c3ccc(OC)cc3)c2=O)N(C)C)cc1. The monoisotopic (exact) mass is 498 g/mol. The molecule has 1 aromatic heterocycles. The molecule has 4 rings (SSSR count). The van der Waals surface area contributed by atoms with Crippen LogP contribution in [0, 0.1) is 0 Å². The summed E-state index contributed by atoms with van der Waals surface area (Å²) < 4.78 is 6.91. The first-order valence-electron chi connectivity index (χ1n) is 12.6. The number of likely N-dealkylation sites (N-methyl/N-ethyl adjacent to an activating group) is 1. The van der Waals surface area contributed by atoms with Crippen LogP contribution in [0.25, 0.3) is 16.7 Å². The van der Waals surface area contributed by atoms with Gasteiger partial charge in [-0.05, 0) is 68.0 Å². The smallest absolute Gasteiger partial charge is 0.277 e. The molecule has 7 nitrogen and oxygen atoms in total. The lowest BCUT2D eigenvalue weighted by Crippen LogP contribution is -2.35. The molecule has 1 atom stereocenters. The number of hydrogen-bond donors (Lipinski definition) is 1. The molecule has 0 radical (unpaired) electrons. The number of aryl methyl sites for hydroxylation is 2. The number of benzene rings is 3. The van der Waals surface area contributed by atoms with Crippen LogP contribution in [-0.4, -0.2) is 48.1 Å². The van der Waals surface area contributed by atoms with Crippen molar-refractivity contribution in [3.8, 4) is 11.4 Å². The molecule has 7 heteroatoms. The van der Waals surface area contributed by atoms with E-state index in [4.69, 9.17) is 4.74 Å². The number of nitrogens with zero attached hydrogens (tertiary/aromatic N) is 3. The third-order valence-electron chi connectivity index (χ3n) is 6.64. The molecule has 1 N–H and O–H groups in total.